The lowest BCUT2D eigenvalue weighted by Gasteiger charge is -2.33. The van der Waals surface area contributed by atoms with Gasteiger partial charge in [0, 0.05) is 58.2 Å². The van der Waals surface area contributed by atoms with Gasteiger partial charge in [-0.15, -0.1) is 18.8 Å². The zero-order valence-corrected chi connectivity index (χ0v) is 34.2. The number of rotatable bonds is 0. The smallest absolute Gasteiger partial charge is 0.261 e. The number of halogens is 4. The van der Waals surface area contributed by atoms with Gasteiger partial charge in [0.05, 0.1) is 21.8 Å². The molecule has 10 rings (SSSR count). The Morgan fingerprint density at radius 2 is 1.16 bits per heavy atom. The third-order valence-corrected chi connectivity index (χ3v) is 11.8. The van der Waals surface area contributed by atoms with Crippen LogP contribution in [-0.2, 0) is 25.9 Å². The minimum atomic E-state index is -0.305. The first kappa shape index (κ1) is 41.0. The molecular formula is C46H42BrClF2N6O2. The fraction of sp³-hybridized carbons (Fsp3) is 0.304. The molecule has 2 aromatic heterocycles. The van der Waals surface area contributed by atoms with Gasteiger partial charge in [0.15, 0.2) is 0 Å². The van der Waals surface area contributed by atoms with Crippen LogP contribution < -0.4 is 21.8 Å². The van der Waals surface area contributed by atoms with E-state index in [-0.39, 0.29) is 46.2 Å². The molecule has 2 N–H and O–H groups in total. The van der Waals surface area contributed by atoms with Crippen LogP contribution in [0.15, 0.2) is 99.0 Å². The zero-order chi connectivity index (χ0) is 39.6. The Labute approximate surface area is 350 Å². The van der Waals surface area contributed by atoms with Crippen LogP contribution in [0, 0.1) is 35.8 Å². The number of hydrogen-bond donors (Lipinski definition) is 2. The maximum Gasteiger partial charge on any atom is 0.261 e. The molecule has 0 bridgehead atoms. The van der Waals surface area contributed by atoms with E-state index in [1.54, 1.807) is 30.3 Å². The fourth-order valence-electron chi connectivity index (χ4n) is 8.42. The Balaban J connectivity index is 0.000000148. The van der Waals surface area contributed by atoms with Crippen molar-refractivity contribution in [3.05, 3.63) is 150 Å². The number of benzene rings is 4. The number of fused-ring (bicyclic) bond motifs is 4. The summed E-state index contributed by atoms with van der Waals surface area (Å²) in [5.41, 5.74) is 3.59. The van der Waals surface area contributed by atoms with Crippen molar-refractivity contribution in [1.82, 2.24) is 29.7 Å². The summed E-state index contributed by atoms with van der Waals surface area (Å²) in [7, 11) is 0. The minimum Gasteiger partial charge on any atom is -0.309 e. The van der Waals surface area contributed by atoms with E-state index in [2.05, 4.69) is 44.3 Å². The molecule has 6 aromatic rings. The lowest BCUT2D eigenvalue weighted by molar-refractivity contribution is 0.248. The molecule has 2 unspecified atom stereocenters. The first-order valence-electron chi connectivity index (χ1n) is 19.3. The highest BCUT2D eigenvalue weighted by Gasteiger charge is 2.41. The second-order valence-corrected chi connectivity index (χ2v) is 16.2. The van der Waals surface area contributed by atoms with Crippen LogP contribution in [0.4, 0.5) is 8.78 Å². The van der Waals surface area contributed by atoms with Crippen LogP contribution in [0.2, 0.25) is 0 Å². The monoisotopic (exact) mass is 862 g/mol. The van der Waals surface area contributed by atoms with Crippen molar-refractivity contribution in [2.24, 2.45) is 0 Å². The predicted molar refractivity (Wildman–Crippen MR) is 230 cm³/mol. The molecule has 0 radical (unpaired) electrons. The fourth-order valence-corrected chi connectivity index (χ4v) is 8.77. The summed E-state index contributed by atoms with van der Waals surface area (Å²) in [6, 6.07) is 23.3. The van der Waals surface area contributed by atoms with Crippen molar-refractivity contribution in [2.45, 2.75) is 75.5 Å². The van der Waals surface area contributed by atoms with Gasteiger partial charge in [0.2, 0.25) is 0 Å². The van der Waals surface area contributed by atoms with E-state index < -0.39 is 0 Å². The van der Waals surface area contributed by atoms with Gasteiger partial charge in [-0.3, -0.25) is 18.7 Å². The Bertz CT molecular complexity index is 2740. The van der Waals surface area contributed by atoms with Gasteiger partial charge >= 0.3 is 0 Å². The molecule has 2 fully saturated rings. The Morgan fingerprint density at radius 1 is 0.655 bits per heavy atom. The maximum absolute atomic E-state index is 13.3. The quantitative estimate of drug-likeness (QED) is 0.154. The van der Waals surface area contributed by atoms with E-state index in [4.69, 9.17) is 16.4 Å². The topological polar surface area (TPSA) is 93.8 Å². The molecule has 4 aromatic carbocycles. The molecule has 2 saturated heterocycles. The van der Waals surface area contributed by atoms with Crippen LogP contribution in [0.25, 0.3) is 21.8 Å². The SMILES string of the molecule is C#Cc1cccc(F)c1.Cl.O=c1c2ccc(Br)cc2nc2n1CC1(CCCCN1)C2.O=c1c2ccc(C#Cc3cccc(F)c3)cc2nc2n1CC1(CCCCN1)C2. The molecule has 0 saturated carbocycles. The van der Waals surface area contributed by atoms with E-state index in [9.17, 15) is 18.4 Å². The average Bonchev–Trinajstić information content (AvgIpc) is 3.75. The van der Waals surface area contributed by atoms with Crippen molar-refractivity contribution in [2.75, 3.05) is 13.1 Å². The standard InChI is InChI=1S/C23H20FN3O.C15H16BrN3O.C8H5F.ClH/c24-18-5-3-4-16(12-18)6-7-17-8-9-19-20(13-17)26-21-14-23(10-1-2-11-25-23)15-27(21)22(19)28;16-10-3-4-11-12(7-10)18-13-8-15(5-1-2-6-17-15)9-19(13)14(11)20;1-2-7-4-3-5-8(9)6-7;/h3-5,8-9,12-13,25H,1-2,10-11,14-15H2;3-4,7,17H,1-2,5-6,8-9H2;1,3-6H;1H. The van der Waals surface area contributed by atoms with Crippen LogP contribution in [0.1, 0.15) is 66.9 Å². The second-order valence-electron chi connectivity index (χ2n) is 15.3. The Morgan fingerprint density at radius 3 is 1.66 bits per heavy atom. The highest BCUT2D eigenvalue weighted by molar-refractivity contribution is 9.10. The molecule has 0 amide bonds. The van der Waals surface area contributed by atoms with Crippen LogP contribution >= 0.6 is 28.3 Å². The lowest BCUT2D eigenvalue weighted by atomic mass is 9.88. The zero-order valence-electron chi connectivity index (χ0n) is 31.8. The summed E-state index contributed by atoms with van der Waals surface area (Å²) >= 11 is 3.45. The summed E-state index contributed by atoms with van der Waals surface area (Å²) in [5, 5.41) is 8.58. The molecule has 8 nitrogen and oxygen atoms in total. The van der Waals surface area contributed by atoms with Crippen molar-refractivity contribution in [3.63, 3.8) is 0 Å². The molecule has 2 atom stereocenters. The van der Waals surface area contributed by atoms with Crippen LogP contribution in [-0.4, -0.2) is 43.3 Å². The third-order valence-electron chi connectivity index (χ3n) is 11.3. The predicted octanol–water partition coefficient (Wildman–Crippen LogP) is 7.46. The third kappa shape index (κ3) is 8.79. The number of nitrogens with zero attached hydrogens (tertiary/aromatic N) is 4. The molecular weight excluding hydrogens is 822 g/mol. The number of piperidine rings is 2. The number of nitrogens with one attached hydrogen (secondary N) is 2. The van der Waals surface area contributed by atoms with Gasteiger partial charge in [-0.25, -0.2) is 18.7 Å². The Kier molecular flexibility index (Phi) is 12.3. The van der Waals surface area contributed by atoms with E-state index >= 15 is 0 Å². The van der Waals surface area contributed by atoms with Gasteiger partial charge in [0.1, 0.15) is 23.3 Å². The summed E-state index contributed by atoms with van der Waals surface area (Å²) < 4.78 is 30.2. The molecule has 296 valence electrons. The van der Waals surface area contributed by atoms with Crippen LogP contribution in [0.5, 0.6) is 0 Å². The van der Waals surface area contributed by atoms with E-state index in [1.165, 1.54) is 49.9 Å². The maximum atomic E-state index is 13.3. The van der Waals surface area contributed by atoms with E-state index in [0.29, 0.717) is 34.0 Å². The summed E-state index contributed by atoms with van der Waals surface area (Å²) in [4.78, 5) is 35.1. The molecule has 2 spiro atoms. The Hall–Kier alpha value is -5.17. The van der Waals surface area contributed by atoms with Crippen molar-refractivity contribution >= 4 is 50.1 Å². The first-order valence-corrected chi connectivity index (χ1v) is 20.1. The number of terminal acetylenes is 1. The van der Waals surface area contributed by atoms with Gasteiger partial charge in [-0.2, -0.15) is 0 Å². The van der Waals surface area contributed by atoms with Gasteiger partial charge in [-0.05, 0) is 112 Å². The highest BCUT2D eigenvalue weighted by atomic mass is 79.9. The van der Waals surface area contributed by atoms with Crippen molar-refractivity contribution in [1.29, 1.82) is 0 Å². The largest absolute Gasteiger partial charge is 0.309 e. The molecule has 6 heterocycles. The minimum absolute atomic E-state index is 0. The van der Waals surface area contributed by atoms with Crippen molar-refractivity contribution < 1.29 is 8.78 Å². The number of aromatic nitrogens is 4. The van der Waals surface area contributed by atoms with Gasteiger partial charge in [-0.1, -0.05) is 58.7 Å². The average molecular weight is 864 g/mol. The second kappa shape index (κ2) is 17.4. The van der Waals surface area contributed by atoms with Crippen LogP contribution in [0.3, 0.4) is 0 Å². The summed E-state index contributed by atoms with van der Waals surface area (Å²) in [6.45, 7) is 3.52. The van der Waals surface area contributed by atoms with Gasteiger partial charge in [0.25, 0.3) is 11.1 Å². The summed E-state index contributed by atoms with van der Waals surface area (Å²) in [6.07, 6.45) is 13.7. The summed E-state index contributed by atoms with van der Waals surface area (Å²) in [5.74, 6) is 9.53. The normalized spacial score (nSPS) is 20.0. The van der Waals surface area contributed by atoms with Gasteiger partial charge < -0.3 is 10.6 Å². The van der Waals surface area contributed by atoms with E-state index in [0.717, 1.165) is 72.5 Å². The van der Waals surface area contributed by atoms with E-state index in [1.807, 2.05) is 39.5 Å². The molecule has 58 heavy (non-hydrogen) atoms. The molecule has 0 aliphatic carbocycles. The number of hydrogen-bond acceptors (Lipinski definition) is 6. The first-order chi connectivity index (χ1) is 27.6. The highest BCUT2D eigenvalue weighted by Crippen LogP contribution is 2.32. The molecule has 12 heteroatoms. The van der Waals surface area contributed by atoms with Crippen molar-refractivity contribution in [3.8, 4) is 24.2 Å². The molecule has 4 aliphatic rings. The molecule has 4 aliphatic heterocycles. The lowest BCUT2D eigenvalue weighted by Crippen LogP contribution is -2.50.